The van der Waals surface area contributed by atoms with Gasteiger partial charge in [0, 0.05) is 18.4 Å². The highest BCUT2D eigenvalue weighted by Crippen LogP contribution is 2.04. The summed E-state index contributed by atoms with van der Waals surface area (Å²) in [5, 5.41) is 12.3. The summed E-state index contributed by atoms with van der Waals surface area (Å²) >= 11 is 0. The molecule has 0 spiro atoms. The number of carbonyl (C=O) groups is 1. The molecule has 1 aromatic heterocycles. The molecule has 0 saturated heterocycles. The lowest BCUT2D eigenvalue weighted by Gasteiger charge is -2.15. The molecule has 0 aliphatic rings. The molecule has 0 aliphatic carbocycles. The lowest BCUT2D eigenvalue weighted by molar-refractivity contribution is 0.0870. The Labute approximate surface area is 95.7 Å². The van der Waals surface area contributed by atoms with Crippen molar-refractivity contribution in [3.63, 3.8) is 0 Å². The van der Waals surface area contributed by atoms with E-state index < -0.39 is 6.10 Å². The van der Waals surface area contributed by atoms with Crippen molar-refractivity contribution < 1.29 is 9.90 Å². The molecule has 16 heavy (non-hydrogen) atoms. The average Bonchev–Trinajstić information content (AvgIpc) is 2.25. The number of hydrogen-bond donors (Lipinski definition) is 2. The molecule has 1 aromatic rings. The molecule has 88 valence electrons. The van der Waals surface area contributed by atoms with Crippen molar-refractivity contribution in [3.8, 4) is 0 Å². The van der Waals surface area contributed by atoms with Gasteiger partial charge in [-0.05, 0) is 25.0 Å². The van der Waals surface area contributed by atoms with Gasteiger partial charge in [0.2, 0.25) is 0 Å². The van der Waals surface area contributed by atoms with Crippen molar-refractivity contribution in [2.75, 3.05) is 6.54 Å². The summed E-state index contributed by atoms with van der Waals surface area (Å²) in [6.45, 7) is 5.87. The molecule has 0 radical (unpaired) electrons. The first-order valence-electron chi connectivity index (χ1n) is 5.40. The molecule has 0 aromatic carbocycles. The fourth-order valence-electron chi connectivity index (χ4n) is 1.25. The molecule has 4 nitrogen and oxygen atoms in total. The summed E-state index contributed by atoms with van der Waals surface area (Å²) in [7, 11) is 0. The number of aromatic nitrogens is 1. The monoisotopic (exact) mass is 222 g/mol. The second-order valence-electron chi connectivity index (χ2n) is 4.16. The van der Waals surface area contributed by atoms with Crippen LogP contribution in [0.2, 0.25) is 0 Å². The summed E-state index contributed by atoms with van der Waals surface area (Å²) in [6.07, 6.45) is 1.13. The van der Waals surface area contributed by atoms with Gasteiger partial charge in [-0.25, -0.2) is 0 Å². The second-order valence-corrected chi connectivity index (χ2v) is 4.16. The smallest absolute Gasteiger partial charge is 0.253 e. The van der Waals surface area contributed by atoms with E-state index in [4.69, 9.17) is 0 Å². The minimum absolute atomic E-state index is 0.135. The first-order valence-corrected chi connectivity index (χ1v) is 5.40. The zero-order valence-corrected chi connectivity index (χ0v) is 9.90. The highest BCUT2D eigenvalue weighted by molar-refractivity contribution is 5.95. The third kappa shape index (κ3) is 3.31. The molecule has 0 bridgehead atoms. The lowest BCUT2D eigenvalue weighted by atomic mass is 10.1. The van der Waals surface area contributed by atoms with Crippen LogP contribution in [0.15, 0.2) is 18.3 Å². The highest BCUT2D eigenvalue weighted by atomic mass is 16.3. The number of pyridine rings is 1. The van der Waals surface area contributed by atoms with Crippen LogP contribution in [-0.2, 0) is 0 Å². The van der Waals surface area contributed by atoms with Gasteiger partial charge >= 0.3 is 0 Å². The third-order valence-corrected chi connectivity index (χ3v) is 2.49. The van der Waals surface area contributed by atoms with Gasteiger partial charge in [0.25, 0.3) is 5.91 Å². The summed E-state index contributed by atoms with van der Waals surface area (Å²) in [4.78, 5) is 15.8. The Kier molecular flexibility index (Phi) is 4.43. The predicted molar refractivity (Wildman–Crippen MR) is 62.2 cm³/mol. The van der Waals surface area contributed by atoms with Gasteiger partial charge in [-0.3, -0.25) is 9.78 Å². The summed E-state index contributed by atoms with van der Waals surface area (Å²) in [5.41, 5.74) is 1.25. The Morgan fingerprint density at radius 3 is 2.81 bits per heavy atom. The van der Waals surface area contributed by atoms with Crippen molar-refractivity contribution in [1.82, 2.24) is 10.3 Å². The molecule has 2 N–H and O–H groups in total. The second kappa shape index (κ2) is 5.61. The number of nitrogens with one attached hydrogen (secondary N) is 1. The summed E-state index contributed by atoms with van der Waals surface area (Å²) in [6, 6.07) is 3.44. The van der Waals surface area contributed by atoms with Gasteiger partial charge in [0.15, 0.2) is 0 Å². The first-order chi connectivity index (χ1) is 7.52. The molecular formula is C12H18N2O2. The zero-order valence-electron chi connectivity index (χ0n) is 9.90. The van der Waals surface area contributed by atoms with E-state index in [-0.39, 0.29) is 18.4 Å². The molecule has 1 unspecified atom stereocenters. The van der Waals surface area contributed by atoms with E-state index in [9.17, 15) is 9.90 Å². The van der Waals surface area contributed by atoms with Crippen LogP contribution < -0.4 is 5.32 Å². The average molecular weight is 222 g/mol. The maximum atomic E-state index is 11.7. The fourth-order valence-corrected chi connectivity index (χ4v) is 1.25. The van der Waals surface area contributed by atoms with Crippen LogP contribution in [0, 0.1) is 12.8 Å². The number of amides is 1. The molecule has 0 aliphatic heterocycles. The van der Waals surface area contributed by atoms with Crippen LogP contribution in [0.5, 0.6) is 0 Å². The minimum atomic E-state index is -0.513. The van der Waals surface area contributed by atoms with Gasteiger partial charge in [0.1, 0.15) is 0 Å². The normalized spacial score (nSPS) is 12.6. The maximum absolute atomic E-state index is 11.7. The molecule has 1 amide bonds. The number of aryl methyl sites for hydroxylation is 1. The lowest BCUT2D eigenvalue weighted by Crippen LogP contribution is -2.35. The van der Waals surface area contributed by atoms with E-state index >= 15 is 0 Å². The molecular weight excluding hydrogens is 204 g/mol. The minimum Gasteiger partial charge on any atom is -0.391 e. The van der Waals surface area contributed by atoms with E-state index in [0.29, 0.717) is 11.3 Å². The van der Waals surface area contributed by atoms with E-state index in [0.717, 1.165) is 0 Å². The number of rotatable bonds is 4. The number of hydrogen-bond acceptors (Lipinski definition) is 3. The quantitative estimate of drug-likeness (QED) is 0.803. The van der Waals surface area contributed by atoms with E-state index in [1.54, 1.807) is 25.3 Å². The maximum Gasteiger partial charge on any atom is 0.253 e. The van der Waals surface area contributed by atoms with Gasteiger partial charge < -0.3 is 10.4 Å². The van der Waals surface area contributed by atoms with Crippen LogP contribution in [0.25, 0.3) is 0 Å². The topological polar surface area (TPSA) is 62.2 Å². The number of aliphatic hydroxyl groups is 1. The van der Waals surface area contributed by atoms with Gasteiger partial charge in [-0.1, -0.05) is 13.8 Å². The Morgan fingerprint density at radius 2 is 2.25 bits per heavy atom. The van der Waals surface area contributed by atoms with Crippen LogP contribution >= 0.6 is 0 Å². The van der Waals surface area contributed by atoms with E-state index in [2.05, 4.69) is 10.3 Å². The Bertz CT molecular complexity index is 364. The van der Waals surface area contributed by atoms with Gasteiger partial charge in [0.05, 0.1) is 11.7 Å². The van der Waals surface area contributed by atoms with Crippen LogP contribution in [0.4, 0.5) is 0 Å². The zero-order chi connectivity index (χ0) is 12.1. The Balaban J connectivity index is 2.57. The van der Waals surface area contributed by atoms with Crippen molar-refractivity contribution in [2.24, 2.45) is 5.92 Å². The van der Waals surface area contributed by atoms with Crippen LogP contribution in [0.1, 0.15) is 29.9 Å². The number of carbonyl (C=O) groups excluding carboxylic acids is 1. The third-order valence-electron chi connectivity index (χ3n) is 2.49. The first kappa shape index (κ1) is 12.6. The van der Waals surface area contributed by atoms with Crippen molar-refractivity contribution in [3.05, 3.63) is 29.6 Å². The summed E-state index contributed by atoms with van der Waals surface area (Å²) in [5.74, 6) is -0.0550. The number of nitrogens with zero attached hydrogens (tertiary/aromatic N) is 1. The molecule has 4 heteroatoms. The van der Waals surface area contributed by atoms with E-state index in [1.807, 2.05) is 13.8 Å². The number of aliphatic hydroxyl groups excluding tert-OH is 1. The van der Waals surface area contributed by atoms with Gasteiger partial charge in [-0.15, -0.1) is 0 Å². The van der Waals surface area contributed by atoms with Crippen molar-refractivity contribution >= 4 is 5.91 Å². The molecule has 0 saturated carbocycles. The molecule has 0 fully saturated rings. The van der Waals surface area contributed by atoms with E-state index in [1.165, 1.54) is 0 Å². The molecule has 1 atom stereocenters. The fraction of sp³-hybridized carbons (Fsp3) is 0.500. The molecule has 1 rings (SSSR count). The van der Waals surface area contributed by atoms with Gasteiger partial charge in [-0.2, -0.15) is 0 Å². The Hall–Kier alpha value is -1.42. The van der Waals surface area contributed by atoms with Crippen LogP contribution in [0.3, 0.4) is 0 Å². The largest absolute Gasteiger partial charge is 0.391 e. The molecule has 1 heterocycles. The highest BCUT2D eigenvalue weighted by Gasteiger charge is 2.13. The SMILES string of the molecule is Cc1ncccc1C(=O)NCC(O)C(C)C. The van der Waals surface area contributed by atoms with Crippen LogP contribution in [-0.4, -0.2) is 28.6 Å². The Morgan fingerprint density at radius 1 is 1.56 bits per heavy atom. The standard InChI is InChI=1S/C12H18N2O2/c1-8(2)11(15)7-14-12(16)10-5-4-6-13-9(10)3/h4-6,8,11,15H,7H2,1-3H3,(H,14,16). The van der Waals surface area contributed by atoms with Crippen molar-refractivity contribution in [2.45, 2.75) is 26.9 Å². The summed E-state index contributed by atoms with van der Waals surface area (Å²) < 4.78 is 0. The predicted octanol–water partition coefficient (Wildman–Crippen LogP) is 1.14. The van der Waals surface area contributed by atoms with Crippen molar-refractivity contribution in [1.29, 1.82) is 0 Å².